The maximum atomic E-state index is 12.8. The number of rotatable bonds is 4. The van der Waals surface area contributed by atoms with Crippen LogP contribution in [0.3, 0.4) is 0 Å². The summed E-state index contributed by atoms with van der Waals surface area (Å²) in [5.74, 6) is 0.329. The van der Waals surface area contributed by atoms with Gasteiger partial charge in [0.1, 0.15) is 12.2 Å². The number of nitrogens with one attached hydrogen (secondary N) is 2. The Hall–Kier alpha value is -4.49. The summed E-state index contributed by atoms with van der Waals surface area (Å²) in [5, 5.41) is 21.4. The first-order valence-electron chi connectivity index (χ1n) is 10.1. The van der Waals surface area contributed by atoms with Gasteiger partial charge in [-0.1, -0.05) is 30.3 Å². The number of allylic oxidation sites excluding steroid dienone is 2. The molecule has 0 fully saturated rings. The van der Waals surface area contributed by atoms with Gasteiger partial charge in [0, 0.05) is 24.3 Å². The van der Waals surface area contributed by atoms with E-state index in [2.05, 4.69) is 21.4 Å². The van der Waals surface area contributed by atoms with Gasteiger partial charge in [0.25, 0.3) is 5.56 Å². The largest absolute Gasteiger partial charge is 0.334 e. The summed E-state index contributed by atoms with van der Waals surface area (Å²) in [6.45, 7) is 4.01. The average molecular weight is 420 g/mol. The number of nitriles is 2. The van der Waals surface area contributed by atoms with Gasteiger partial charge in [-0.25, -0.2) is 4.98 Å². The predicted molar refractivity (Wildman–Crippen MR) is 126 cm³/mol. The van der Waals surface area contributed by atoms with Crippen LogP contribution in [-0.4, -0.2) is 22.3 Å². The minimum absolute atomic E-state index is 0.240. The third-order valence-electron chi connectivity index (χ3n) is 5.30. The van der Waals surface area contributed by atoms with E-state index in [1.165, 1.54) is 12.3 Å². The molecule has 0 amide bonds. The van der Waals surface area contributed by atoms with E-state index in [1.54, 1.807) is 18.2 Å². The first-order valence-corrected chi connectivity index (χ1v) is 10.1. The van der Waals surface area contributed by atoms with Crippen molar-refractivity contribution in [1.82, 2.24) is 9.97 Å². The van der Waals surface area contributed by atoms with Crippen LogP contribution in [0.25, 0.3) is 28.1 Å². The Balaban J connectivity index is 1.79. The molecular formula is C25H20N6O. The standard InChI is InChI=1S/C25H20N6O/c1-15-11-17(5-4-10-26)12-16(2)22(15)19-6-3-7-20-23(19)30-25(31-24(20)32)29-21-9-8-18(13-27)14-28-21/h3-8,11-12,14,21H,9H2,1-2H3,(H2,29,30,31,32)/b5-4+. The van der Waals surface area contributed by atoms with Gasteiger partial charge in [0.15, 0.2) is 0 Å². The van der Waals surface area contributed by atoms with Crippen molar-refractivity contribution in [2.24, 2.45) is 4.99 Å². The summed E-state index contributed by atoms with van der Waals surface area (Å²) < 4.78 is 0. The maximum absolute atomic E-state index is 12.8. The van der Waals surface area contributed by atoms with Gasteiger partial charge in [-0.3, -0.25) is 14.8 Å². The van der Waals surface area contributed by atoms with Gasteiger partial charge < -0.3 is 5.32 Å². The summed E-state index contributed by atoms with van der Waals surface area (Å²) in [5.41, 5.74) is 5.74. The second kappa shape index (κ2) is 8.71. The summed E-state index contributed by atoms with van der Waals surface area (Å²) in [7, 11) is 0. The van der Waals surface area contributed by atoms with Crippen LogP contribution in [0.15, 0.2) is 57.8 Å². The third kappa shape index (κ3) is 4.05. The molecule has 0 bridgehead atoms. The monoisotopic (exact) mass is 420 g/mol. The van der Waals surface area contributed by atoms with Crippen molar-refractivity contribution in [3.05, 3.63) is 75.1 Å². The number of anilines is 1. The van der Waals surface area contributed by atoms with Crippen molar-refractivity contribution in [2.45, 2.75) is 26.4 Å². The molecule has 0 saturated heterocycles. The van der Waals surface area contributed by atoms with E-state index in [0.717, 1.165) is 27.8 Å². The molecule has 0 aliphatic carbocycles. The van der Waals surface area contributed by atoms with Gasteiger partial charge >= 0.3 is 0 Å². The Morgan fingerprint density at radius 1 is 1.22 bits per heavy atom. The molecular weight excluding hydrogens is 400 g/mol. The van der Waals surface area contributed by atoms with Gasteiger partial charge in [-0.15, -0.1) is 0 Å². The van der Waals surface area contributed by atoms with Crippen molar-refractivity contribution in [2.75, 3.05) is 5.32 Å². The molecule has 1 aliphatic heterocycles. The number of hydrogen-bond donors (Lipinski definition) is 2. The first-order chi connectivity index (χ1) is 15.5. The number of aromatic amines is 1. The van der Waals surface area contributed by atoms with E-state index in [9.17, 15) is 4.79 Å². The van der Waals surface area contributed by atoms with E-state index >= 15 is 0 Å². The van der Waals surface area contributed by atoms with Crippen LogP contribution < -0.4 is 10.9 Å². The third-order valence-corrected chi connectivity index (χ3v) is 5.30. The maximum Gasteiger partial charge on any atom is 0.260 e. The average Bonchev–Trinajstić information content (AvgIpc) is 2.78. The molecule has 0 radical (unpaired) electrons. The van der Waals surface area contributed by atoms with Crippen molar-refractivity contribution < 1.29 is 0 Å². The lowest BCUT2D eigenvalue weighted by atomic mass is 9.92. The summed E-state index contributed by atoms with van der Waals surface area (Å²) in [6.07, 6.45) is 6.75. The zero-order valence-corrected chi connectivity index (χ0v) is 17.7. The SMILES string of the molecule is Cc1cc(/C=C/C#N)cc(C)c1-c1cccc2c(=O)[nH]c(NC3CC=C(C#N)C=N3)nc12. The van der Waals surface area contributed by atoms with Crippen LogP contribution in [0.4, 0.5) is 5.95 Å². The Morgan fingerprint density at radius 2 is 2.00 bits per heavy atom. The van der Waals surface area contributed by atoms with E-state index < -0.39 is 0 Å². The molecule has 1 aliphatic rings. The predicted octanol–water partition coefficient (Wildman–Crippen LogP) is 4.41. The van der Waals surface area contributed by atoms with Crippen molar-refractivity contribution in [1.29, 1.82) is 10.5 Å². The highest BCUT2D eigenvalue weighted by Crippen LogP contribution is 2.33. The van der Waals surface area contributed by atoms with Crippen LogP contribution in [0.1, 0.15) is 23.1 Å². The van der Waals surface area contributed by atoms with Gasteiger partial charge in [0.05, 0.1) is 22.5 Å². The van der Waals surface area contributed by atoms with Gasteiger partial charge in [-0.05, 0) is 48.2 Å². The highest BCUT2D eigenvalue weighted by atomic mass is 16.1. The zero-order chi connectivity index (χ0) is 22.7. The van der Waals surface area contributed by atoms with E-state index in [0.29, 0.717) is 28.8 Å². The fourth-order valence-corrected chi connectivity index (χ4v) is 3.93. The van der Waals surface area contributed by atoms with Crippen LogP contribution in [0.5, 0.6) is 0 Å². The molecule has 4 rings (SSSR count). The number of nitrogens with zero attached hydrogens (tertiary/aromatic N) is 4. The molecule has 0 saturated carbocycles. The second-order valence-corrected chi connectivity index (χ2v) is 7.55. The number of H-pyrrole nitrogens is 1. The molecule has 7 heteroatoms. The lowest BCUT2D eigenvalue weighted by Crippen LogP contribution is -2.23. The van der Waals surface area contributed by atoms with Crippen molar-refractivity contribution in [3.63, 3.8) is 0 Å². The first kappa shape index (κ1) is 20.8. The van der Waals surface area contributed by atoms with Crippen LogP contribution in [-0.2, 0) is 0 Å². The normalized spacial score (nSPS) is 15.4. The number of benzene rings is 2. The van der Waals surface area contributed by atoms with Crippen LogP contribution in [0, 0.1) is 36.5 Å². The molecule has 1 aromatic heterocycles. The smallest absolute Gasteiger partial charge is 0.260 e. The summed E-state index contributed by atoms with van der Waals surface area (Å²) >= 11 is 0. The molecule has 7 nitrogen and oxygen atoms in total. The molecule has 1 atom stereocenters. The number of aryl methyl sites for hydroxylation is 2. The molecule has 3 aromatic rings. The Kier molecular flexibility index (Phi) is 5.65. The number of fused-ring (bicyclic) bond motifs is 1. The van der Waals surface area contributed by atoms with Gasteiger partial charge in [0.2, 0.25) is 5.95 Å². The van der Waals surface area contributed by atoms with Gasteiger partial charge in [-0.2, -0.15) is 10.5 Å². The number of aliphatic imine (C=N–C) groups is 1. The van der Waals surface area contributed by atoms with E-state index in [1.807, 2.05) is 44.2 Å². The Labute approximate surface area is 185 Å². The van der Waals surface area contributed by atoms with Crippen molar-refractivity contribution in [3.8, 4) is 23.3 Å². The number of hydrogen-bond acceptors (Lipinski definition) is 6. The Morgan fingerprint density at radius 3 is 2.66 bits per heavy atom. The van der Waals surface area contributed by atoms with Crippen molar-refractivity contribution >= 4 is 29.1 Å². The van der Waals surface area contributed by atoms with E-state index in [4.69, 9.17) is 15.5 Å². The highest BCUT2D eigenvalue weighted by molar-refractivity contribution is 5.95. The fourth-order valence-electron chi connectivity index (χ4n) is 3.93. The number of dihydropyridines is 1. The lowest BCUT2D eigenvalue weighted by molar-refractivity contribution is 0.758. The molecule has 2 heterocycles. The highest BCUT2D eigenvalue weighted by Gasteiger charge is 2.16. The quantitative estimate of drug-likeness (QED) is 0.606. The molecule has 32 heavy (non-hydrogen) atoms. The van der Waals surface area contributed by atoms with E-state index in [-0.39, 0.29) is 11.7 Å². The zero-order valence-electron chi connectivity index (χ0n) is 17.7. The Bertz CT molecular complexity index is 1420. The number of para-hydroxylation sites is 1. The molecule has 1 unspecified atom stereocenters. The fraction of sp³-hybridized carbons (Fsp3) is 0.160. The second-order valence-electron chi connectivity index (χ2n) is 7.55. The lowest BCUT2D eigenvalue weighted by Gasteiger charge is -2.17. The molecule has 2 N–H and O–H groups in total. The topological polar surface area (TPSA) is 118 Å². The van der Waals surface area contributed by atoms with Crippen LogP contribution >= 0.6 is 0 Å². The minimum atomic E-state index is -0.311. The van der Waals surface area contributed by atoms with Crippen LogP contribution in [0.2, 0.25) is 0 Å². The minimum Gasteiger partial charge on any atom is -0.334 e. The molecule has 2 aromatic carbocycles. The summed E-state index contributed by atoms with van der Waals surface area (Å²) in [4.78, 5) is 24.6. The summed E-state index contributed by atoms with van der Waals surface area (Å²) in [6, 6.07) is 13.7. The number of aromatic nitrogens is 2. The molecule has 156 valence electrons. The molecule has 0 spiro atoms.